The van der Waals surface area contributed by atoms with Crippen molar-refractivity contribution in [2.75, 3.05) is 0 Å². The normalized spacial score (nSPS) is 20.2. The fraction of sp³-hybridized carbons (Fsp3) is 0.200. The Morgan fingerprint density at radius 1 is 0.867 bits per heavy atom. The van der Waals surface area contributed by atoms with Gasteiger partial charge in [-0.1, -0.05) is 60.3 Å². The van der Waals surface area contributed by atoms with E-state index in [1.165, 1.54) is 16.7 Å². The molecule has 15 heavy (non-hydrogen) atoms. The van der Waals surface area contributed by atoms with E-state index in [-0.39, 0.29) is 0 Å². The molecule has 0 N–H and O–H groups in total. The Morgan fingerprint density at radius 2 is 1.80 bits per heavy atom. The largest absolute Gasteiger partial charge is 0.0807 e. The van der Waals surface area contributed by atoms with Crippen molar-refractivity contribution in [1.29, 1.82) is 0 Å². The van der Waals surface area contributed by atoms with Crippen LogP contribution in [0.4, 0.5) is 0 Å². The summed E-state index contributed by atoms with van der Waals surface area (Å²) in [6.07, 6.45) is 21.9. The minimum atomic E-state index is 1.03. The van der Waals surface area contributed by atoms with Gasteiger partial charge in [0.05, 0.1) is 0 Å². The van der Waals surface area contributed by atoms with E-state index in [0.717, 1.165) is 12.8 Å². The van der Waals surface area contributed by atoms with Crippen LogP contribution in [-0.4, -0.2) is 0 Å². The standard InChI is InChI=1S/C15H16/c1-13-7-6-10-15(12-11-13)14-8-4-2-3-5-9-14/h2,4-5,7-12H,3,6H2,1H3. The maximum atomic E-state index is 2.28. The van der Waals surface area contributed by atoms with Crippen molar-refractivity contribution in [2.24, 2.45) is 0 Å². The lowest BCUT2D eigenvalue weighted by atomic mass is 10.0. The second-order valence-corrected chi connectivity index (χ2v) is 3.86. The molecule has 0 saturated carbocycles. The van der Waals surface area contributed by atoms with Gasteiger partial charge in [0.25, 0.3) is 0 Å². The molecule has 0 atom stereocenters. The third kappa shape index (κ3) is 2.69. The fourth-order valence-corrected chi connectivity index (χ4v) is 1.72. The quantitative estimate of drug-likeness (QED) is 0.587. The van der Waals surface area contributed by atoms with Gasteiger partial charge in [-0.25, -0.2) is 0 Å². The Kier molecular flexibility index (Phi) is 3.18. The zero-order valence-corrected chi connectivity index (χ0v) is 9.11. The molecule has 0 aromatic heterocycles. The molecule has 0 bridgehead atoms. The lowest BCUT2D eigenvalue weighted by Gasteiger charge is -2.01. The molecule has 0 saturated heterocycles. The minimum Gasteiger partial charge on any atom is -0.0807 e. The van der Waals surface area contributed by atoms with Crippen LogP contribution in [0.25, 0.3) is 0 Å². The number of hydrogen-bond donors (Lipinski definition) is 0. The Balaban J connectivity index is 2.25. The first-order valence-electron chi connectivity index (χ1n) is 5.45. The Bertz CT molecular complexity index is 409. The molecule has 0 heteroatoms. The predicted octanol–water partition coefficient (Wildman–Crippen LogP) is 4.26. The van der Waals surface area contributed by atoms with Crippen LogP contribution in [0.5, 0.6) is 0 Å². The van der Waals surface area contributed by atoms with E-state index < -0.39 is 0 Å². The van der Waals surface area contributed by atoms with Crippen LogP contribution >= 0.6 is 0 Å². The molecule has 0 aromatic rings. The molecule has 0 amide bonds. The molecule has 2 rings (SSSR count). The van der Waals surface area contributed by atoms with Crippen LogP contribution in [-0.2, 0) is 0 Å². The first-order valence-corrected chi connectivity index (χ1v) is 5.45. The summed E-state index contributed by atoms with van der Waals surface area (Å²) in [6.45, 7) is 2.14. The lowest BCUT2D eigenvalue weighted by Crippen LogP contribution is -1.81. The van der Waals surface area contributed by atoms with E-state index in [0.29, 0.717) is 0 Å². The van der Waals surface area contributed by atoms with Crippen molar-refractivity contribution >= 4 is 0 Å². The Morgan fingerprint density at radius 3 is 2.73 bits per heavy atom. The monoisotopic (exact) mass is 196 g/mol. The van der Waals surface area contributed by atoms with Gasteiger partial charge >= 0.3 is 0 Å². The summed E-state index contributed by atoms with van der Waals surface area (Å²) in [5, 5.41) is 0. The SMILES string of the molecule is CC1=CCC=C(C2=CC=CCC=C2)C=C1. The average Bonchev–Trinajstić information content (AvgIpc) is 2.59. The Labute approximate surface area is 91.7 Å². The summed E-state index contributed by atoms with van der Waals surface area (Å²) >= 11 is 0. The molecule has 0 radical (unpaired) electrons. The van der Waals surface area contributed by atoms with E-state index in [9.17, 15) is 0 Å². The van der Waals surface area contributed by atoms with Crippen LogP contribution in [0.1, 0.15) is 19.8 Å². The predicted molar refractivity (Wildman–Crippen MR) is 66.6 cm³/mol. The molecule has 0 nitrogen and oxygen atoms in total. The van der Waals surface area contributed by atoms with Gasteiger partial charge in [-0.05, 0) is 30.9 Å². The lowest BCUT2D eigenvalue weighted by molar-refractivity contribution is 1.33. The minimum absolute atomic E-state index is 1.03. The summed E-state index contributed by atoms with van der Waals surface area (Å²) in [4.78, 5) is 0. The number of allylic oxidation sites excluding steroid dienone is 12. The van der Waals surface area contributed by atoms with Crippen LogP contribution in [0.3, 0.4) is 0 Å². The summed E-state index contributed by atoms with van der Waals surface area (Å²) in [6, 6.07) is 0. The fourth-order valence-electron chi connectivity index (χ4n) is 1.72. The van der Waals surface area contributed by atoms with Gasteiger partial charge in [-0.2, -0.15) is 0 Å². The highest BCUT2D eigenvalue weighted by Crippen LogP contribution is 2.20. The molecule has 2 aliphatic rings. The van der Waals surface area contributed by atoms with E-state index in [1.807, 2.05) is 0 Å². The molecule has 0 unspecified atom stereocenters. The highest BCUT2D eigenvalue weighted by Gasteiger charge is 2.00. The van der Waals surface area contributed by atoms with Gasteiger partial charge in [-0.3, -0.25) is 0 Å². The van der Waals surface area contributed by atoms with Crippen LogP contribution in [0, 0.1) is 0 Å². The first-order chi connectivity index (χ1) is 7.36. The van der Waals surface area contributed by atoms with Crippen molar-refractivity contribution in [1.82, 2.24) is 0 Å². The van der Waals surface area contributed by atoms with E-state index in [4.69, 9.17) is 0 Å². The smallest absolute Gasteiger partial charge is 0.0154 e. The van der Waals surface area contributed by atoms with Gasteiger partial charge in [-0.15, -0.1) is 0 Å². The molecular weight excluding hydrogens is 180 g/mol. The maximum Gasteiger partial charge on any atom is -0.0154 e. The third-order valence-electron chi connectivity index (χ3n) is 2.62. The molecule has 0 aliphatic heterocycles. The zero-order chi connectivity index (χ0) is 10.5. The van der Waals surface area contributed by atoms with E-state index >= 15 is 0 Å². The summed E-state index contributed by atoms with van der Waals surface area (Å²) in [7, 11) is 0. The summed E-state index contributed by atoms with van der Waals surface area (Å²) in [5.74, 6) is 0. The summed E-state index contributed by atoms with van der Waals surface area (Å²) in [5.41, 5.74) is 3.98. The van der Waals surface area contributed by atoms with Crippen LogP contribution in [0.15, 0.2) is 71.4 Å². The van der Waals surface area contributed by atoms with E-state index in [2.05, 4.69) is 61.6 Å². The zero-order valence-electron chi connectivity index (χ0n) is 9.11. The van der Waals surface area contributed by atoms with Gasteiger partial charge in [0, 0.05) is 0 Å². The molecular formula is C15H16. The highest BCUT2D eigenvalue weighted by molar-refractivity contribution is 5.51. The van der Waals surface area contributed by atoms with Gasteiger partial charge in [0.2, 0.25) is 0 Å². The van der Waals surface area contributed by atoms with Gasteiger partial charge in [0.1, 0.15) is 0 Å². The first kappa shape index (κ1) is 9.97. The number of rotatable bonds is 1. The third-order valence-corrected chi connectivity index (χ3v) is 2.62. The average molecular weight is 196 g/mol. The second kappa shape index (κ2) is 4.79. The molecule has 0 heterocycles. The van der Waals surface area contributed by atoms with Gasteiger partial charge < -0.3 is 0 Å². The van der Waals surface area contributed by atoms with Crippen molar-refractivity contribution in [3.8, 4) is 0 Å². The molecule has 76 valence electrons. The second-order valence-electron chi connectivity index (χ2n) is 3.86. The van der Waals surface area contributed by atoms with Gasteiger partial charge in [0.15, 0.2) is 0 Å². The van der Waals surface area contributed by atoms with Crippen LogP contribution < -0.4 is 0 Å². The molecule has 0 fully saturated rings. The molecule has 0 aromatic carbocycles. The van der Waals surface area contributed by atoms with E-state index in [1.54, 1.807) is 0 Å². The van der Waals surface area contributed by atoms with Crippen LogP contribution in [0.2, 0.25) is 0 Å². The van der Waals surface area contributed by atoms with Crippen molar-refractivity contribution in [2.45, 2.75) is 19.8 Å². The summed E-state index contributed by atoms with van der Waals surface area (Å²) < 4.78 is 0. The Hall–Kier alpha value is -1.56. The maximum absolute atomic E-state index is 2.28. The number of hydrogen-bond acceptors (Lipinski definition) is 0. The highest BCUT2D eigenvalue weighted by atomic mass is 14.1. The molecule has 0 spiro atoms. The topological polar surface area (TPSA) is 0 Å². The van der Waals surface area contributed by atoms with Crippen molar-refractivity contribution in [3.63, 3.8) is 0 Å². The van der Waals surface area contributed by atoms with Crippen molar-refractivity contribution < 1.29 is 0 Å². The molecule has 2 aliphatic carbocycles. The van der Waals surface area contributed by atoms with Crippen molar-refractivity contribution in [3.05, 3.63) is 71.4 Å².